The highest BCUT2D eigenvalue weighted by Crippen LogP contribution is 2.21. The first-order valence-corrected chi connectivity index (χ1v) is 9.30. The van der Waals surface area contributed by atoms with E-state index >= 15 is 0 Å². The number of para-hydroxylation sites is 1. The first kappa shape index (κ1) is 17.0. The second-order valence-corrected chi connectivity index (χ2v) is 7.45. The van der Waals surface area contributed by atoms with Crippen molar-refractivity contribution < 1.29 is 8.42 Å². The van der Waals surface area contributed by atoms with Crippen LogP contribution in [0.25, 0.3) is 0 Å². The number of benzene rings is 2. The molecule has 0 bridgehead atoms. The summed E-state index contributed by atoms with van der Waals surface area (Å²) < 4.78 is 27.7. The molecule has 1 aromatic heterocycles. The van der Waals surface area contributed by atoms with Crippen molar-refractivity contribution in [3.63, 3.8) is 0 Å². The van der Waals surface area contributed by atoms with Gasteiger partial charge in [0.2, 0.25) is 0 Å². The number of aromatic nitrogens is 1. The standard InChI is InChI=1S/C19H19N3O2S/c1-14-8-10-18(15(2)12-14)25(23,24)22-17-9-11-19(20-13-17)21-16-6-4-3-5-7-16/h3-13,22H,1-2H3,(H,20,21). The first-order valence-electron chi connectivity index (χ1n) is 7.82. The van der Waals surface area contributed by atoms with Gasteiger partial charge in [0.15, 0.2) is 0 Å². The predicted molar refractivity (Wildman–Crippen MR) is 101 cm³/mol. The highest BCUT2D eigenvalue weighted by Gasteiger charge is 2.17. The van der Waals surface area contributed by atoms with Gasteiger partial charge in [-0.1, -0.05) is 35.9 Å². The Labute approximate surface area is 147 Å². The molecule has 0 radical (unpaired) electrons. The van der Waals surface area contributed by atoms with Crippen molar-refractivity contribution >= 4 is 27.2 Å². The van der Waals surface area contributed by atoms with E-state index in [4.69, 9.17) is 0 Å². The normalized spacial score (nSPS) is 11.1. The van der Waals surface area contributed by atoms with Crippen molar-refractivity contribution in [3.8, 4) is 0 Å². The Hall–Kier alpha value is -2.86. The lowest BCUT2D eigenvalue weighted by atomic mass is 10.2. The van der Waals surface area contributed by atoms with E-state index in [0.29, 0.717) is 17.1 Å². The Morgan fingerprint density at radius 3 is 2.28 bits per heavy atom. The van der Waals surface area contributed by atoms with Gasteiger partial charge in [0, 0.05) is 5.69 Å². The number of hydrogen-bond acceptors (Lipinski definition) is 4. The largest absolute Gasteiger partial charge is 0.340 e. The topological polar surface area (TPSA) is 71.1 Å². The fourth-order valence-corrected chi connectivity index (χ4v) is 3.78. The number of sulfonamides is 1. The van der Waals surface area contributed by atoms with Gasteiger partial charge in [0.25, 0.3) is 10.0 Å². The summed E-state index contributed by atoms with van der Waals surface area (Å²) in [6.45, 7) is 3.71. The number of rotatable bonds is 5. The van der Waals surface area contributed by atoms with Crippen LogP contribution in [0.3, 0.4) is 0 Å². The van der Waals surface area contributed by atoms with Gasteiger partial charge >= 0.3 is 0 Å². The molecule has 0 unspecified atom stereocenters. The van der Waals surface area contributed by atoms with Crippen molar-refractivity contribution in [1.29, 1.82) is 0 Å². The Morgan fingerprint density at radius 1 is 0.880 bits per heavy atom. The zero-order valence-electron chi connectivity index (χ0n) is 14.0. The van der Waals surface area contributed by atoms with Crippen LogP contribution >= 0.6 is 0 Å². The van der Waals surface area contributed by atoms with E-state index in [1.54, 1.807) is 31.2 Å². The number of aryl methyl sites for hydroxylation is 2. The molecular formula is C19H19N3O2S. The third kappa shape index (κ3) is 4.16. The average molecular weight is 353 g/mol. The van der Waals surface area contributed by atoms with Gasteiger partial charge in [0.1, 0.15) is 5.82 Å². The fourth-order valence-electron chi connectivity index (χ4n) is 2.51. The van der Waals surface area contributed by atoms with Gasteiger partial charge in [-0.05, 0) is 49.7 Å². The molecule has 3 rings (SSSR count). The fraction of sp³-hybridized carbons (Fsp3) is 0.105. The monoisotopic (exact) mass is 353 g/mol. The summed E-state index contributed by atoms with van der Waals surface area (Å²) in [5, 5.41) is 3.15. The molecule has 2 aromatic carbocycles. The molecular weight excluding hydrogens is 334 g/mol. The van der Waals surface area contributed by atoms with Gasteiger partial charge < -0.3 is 5.32 Å². The number of hydrogen-bond donors (Lipinski definition) is 2. The van der Waals surface area contributed by atoms with E-state index < -0.39 is 10.0 Å². The zero-order valence-corrected chi connectivity index (χ0v) is 14.8. The van der Waals surface area contributed by atoms with Crippen LogP contribution in [0.1, 0.15) is 11.1 Å². The molecule has 0 atom stereocenters. The van der Waals surface area contributed by atoms with Crippen LogP contribution < -0.4 is 10.0 Å². The summed E-state index contributed by atoms with van der Waals surface area (Å²) in [5.41, 5.74) is 3.06. The first-order chi connectivity index (χ1) is 11.9. The van der Waals surface area contributed by atoms with Crippen LogP contribution in [0.15, 0.2) is 71.8 Å². The third-order valence-electron chi connectivity index (χ3n) is 3.68. The van der Waals surface area contributed by atoms with Crippen molar-refractivity contribution in [2.24, 2.45) is 0 Å². The van der Waals surface area contributed by atoms with Crippen LogP contribution in [-0.4, -0.2) is 13.4 Å². The van der Waals surface area contributed by atoms with E-state index in [1.165, 1.54) is 6.20 Å². The predicted octanol–water partition coefficient (Wildman–Crippen LogP) is 4.24. The van der Waals surface area contributed by atoms with E-state index in [1.807, 2.05) is 43.3 Å². The summed E-state index contributed by atoms with van der Waals surface area (Å²) in [7, 11) is -3.64. The highest BCUT2D eigenvalue weighted by molar-refractivity contribution is 7.92. The van der Waals surface area contributed by atoms with Crippen molar-refractivity contribution in [2.75, 3.05) is 10.0 Å². The molecule has 3 aromatic rings. The molecule has 0 amide bonds. The Bertz CT molecular complexity index is 969. The van der Waals surface area contributed by atoms with E-state index in [-0.39, 0.29) is 4.90 Å². The molecule has 6 heteroatoms. The Morgan fingerprint density at radius 2 is 1.64 bits per heavy atom. The lowest BCUT2D eigenvalue weighted by Gasteiger charge is -2.11. The van der Waals surface area contributed by atoms with Crippen molar-refractivity contribution in [3.05, 3.63) is 78.0 Å². The summed E-state index contributed by atoms with van der Waals surface area (Å²) in [6, 6.07) is 18.3. The van der Waals surface area contributed by atoms with Crippen molar-refractivity contribution in [1.82, 2.24) is 4.98 Å². The van der Waals surface area contributed by atoms with Gasteiger partial charge in [-0.2, -0.15) is 0 Å². The molecule has 0 saturated carbocycles. The lowest BCUT2D eigenvalue weighted by Crippen LogP contribution is -2.14. The molecule has 5 nitrogen and oxygen atoms in total. The van der Waals surface area contributed by atoms with E-state index in [0.717, 1.165) is 11.3 Å². The highest BCUT2D eigenvalue weighted by atomic mass is 32.2. The molecule has 0 spiro atoms. The van der Waals surface area contributed by atoms with Gasteiger partial charge in [-0.3, -0.25) is 4.72 Å². The molecule has 0 saturated heterocycles. The maximum atomic E-state index is 12.6. The van der Waals surface area contributed by atoms with E-state index in [2.05, 4.69) is 15.0 Å². The van der Waals surface area contributed by atoms with Crippen LogP contribution in [-0.2, 0) is 10.0 Å². The molecule has 1 heterocycles. The lowest BCUT2D eigenvalue weighted by molar-refractivity contribution is 0.600. The molecule has 2 N–H and O–H groups in total. The molecule has 25 heavy (non-hydrogen) atoms. The minimum Gasteiger partial charge on any atom is -0.340 e. The molecule has 0 fully saturated rings. The Balaban J connectivity index is 1.76. The van der Waals surface area contributed by atoms with E-state index in [9.17, 15) is 8.42 Å². The molecule has 0 aliphatic carbocycles. The maximum absolute atomic E-state index is 12.6. The second kappa shape index (κ2) is 6.94. The smallest absolute Gasteiger partial charge is 0.262 e. The number of anilines is 3. The second-order valence-electron chi connectivity index (χ2n) is 5.80. The average Bonchev–Trinajstić information content (AvgIpc) is 2.57. The molecule has 0 aliphatic rings. The molecule has 128 valence electrons. The summed E-state index contributed by atoms with van der Waals surface area (Å²) in [6.07, 6.45) is 1.49. The summed E-state index contributed by atoms with van der Waals surface area (Å²) >= 11 is 0. The van der Waals surface area contributed by atoms with Crippen LogP contribution in [0, 0.1) is 13.8 Å². The summed E-state index contributed by atoms with van der Waals surface area (Å²) in [4.78, 5) is 4.52. The maximum Gasteiger partial charge on any atom is 0.262 e. The van der Waals surface area contributed by atoms with Gasteiger partial charge in [-0.15, -0.1) is 0 Å². The zero-order chi connectivity index (χ0) is 17.9. The summed E-state index contributed by atoms with van der Waals surface area (Å²) in [5.74, 6) is 0.640. The third-order valence-corrected chi connectivity index (χ3v) is 5.22. The van der Waals surface area contributed by atoms with Crippen LogP contribution in [0.2, 0.25) is 0 Å². The minimum atomic E-state index is -3.64. The van der Waals surface area contributed by atoms with Crippen molar-refractivity contribution in [2.45, 2.75) is 18.7 Å². The van der Waals surface area contributed by atoms with Gasteiger partial charge in [0.05, 0.1) is 16.8 Å². The Kier molecular flexibility index (Phi) is 4.72. The van der Waals surface area contributed by atoms with Crippen LogP contribution in [0.5, 0.6) is 0 Å². The van der Waals surface area contributed by atoms with Gasteiger partial charge in [-0.25, -0.2) is 13.4 Å². The quantitative estimate of drug-likeness (QED) is 0.719. The number of nitrogens with one attached hydrogen (secondary N) is 2. The minimum absolute atomic E-state index is 0.268. The molecule has 0 aliphatic heterocycles. The SMILES string of the molecule is Cc1ccc(S(=O)(=O)Nc2ccc(Nc3ccccc3)nc2)c(C)c1. The number of nitrogens with zero attached hydrogens (tertiary/aromatic N) is 1. The van der Waals surface area contributed by atoms with Crippen LogP contribution in [0.4, 0.5) is 17.2 Å². The number of pyridine rings is 1.